The number of rotatable bonds is 7. The lowest BCUT2D eigenvalue weighted by Crippen LogP contribution is -2.40. The molecule has 0 aliphatic carbocycles. The Labute approximate surface area is 86.4 Å². The smallest absolute Gasteiger partial charge is 0.216 e. The van der Waals surface area contributed by atoms with Crippen molar-refractivity contribution >= 4 is 5.91 Å². The van der Waals surface area contributed by atoms with Crippen LogP contribution in [0.5, 0.6) is 0 Å². The first-order valence-corrected chi connectivity index (χ1v) is 5.07. The second-order valence-electron chi connectivity index (χ2n) is 3.85. The highest BCUT2D eigenvalue weighted by molar-refractivity contribution is 5.72. The van der Waals surface area contributed by atoms with E-state index in [9.17, 15) is 4.79 Å². The van der Waals surface area contributed by atoms with Crippen molar-refractivity contribution in [1.29, 1.82) is 0 Å². The highest BCUT2D eigenvalue weighted by Crippen LogP contribution is 2.06. The fourth-order valence-corrected chi connectivity index (χ4v) is 1.16. The van der Waals surface area contributed by atoms with E-state index in [1.54, 1.807) is 0 Å². The maximum atomic E-state index is 10.5. The van der Waals surface area contributed by atoms with E-state index in [0.717, 1.165) is 19.7 Å². The zero-order valence-electron chi connectivity index (χ0n) is 9.64. The molecule has 0 aromatic rings. The van der Waals surface area contributed by atoms with Crippen molar-refractivity contribution < 1.29 is 9.53 Å². The van der Waals surface area contributed by atoms with E-state index in [1.807, 2.05) is 20.8 Å². The van der Waals surface area contributed by atoms with Crippen LogP contribution in [0.1, 0.15) is 27.7 Å². The summed E-state index contributed by atoms with van der Waals surface area (Å²) in [4.78, 5) is 10.5. The predicted molar refractivity (Wildman–Crippen MR) is 57.3 cm³/mol. The van der Waals surface area contributed by atoms with E-state index in [0.29, 0.717) is 6.54 Å². The van der Waals surface area contributed by atoms with Crippen LogP contribution in [0.3, 0.4) is 0 Å². The minimum absolute atomic E-state index is 0.0101. The van der Waals surface area contributed by atoms with Gasteiger partial charge in [0.1, 0.15) is 0 Å². The van der Waals surface area contributed by atoms with Gasteiger partial charge in [-0.3, -0.25) is 4.79 Å². The van der Waals surface area contributed by atoms with Crippen LogP contribution in [-0.4, -0.2) is 37.7 Å². The van der Waals surface area contributed by atoms with Gasteiger partial charge in [-0.1, -0.05) is 0 Å². The molecule has 2 N–H and O–H groups in total. The van der Waals surface area contributed by atoms with Gasteiger partial charge in [0, 0.05) is 33.2 Å². The summed E-state index contributed by atoms with van der Waals surface area (Å²) < 4.78 is 5.51. The molecule has 4 heteroatoms. The molecule has 0 aliphatic heterocycles. The van der Waals surface area contributed by atoms with Crippen molar-refractivity contribution in [2.45, 2.75) is 33.3 Å². The standard InChI is InChI=1S/C10H22N2O2/c1-5-14-10(3,4)8-11-6-7-12-9(2)13/h11H,5-8H2,1-4H3,(H,12,13). The summed E-state index contributed by atoms with van der Waals surface area (Å²) in [6.45, 7) is 10.5. The Morgan fingerprint density at radius 3 is 2.50 bits per heavy atom. The highest BCUT2D eigenvalue weighted by Gasteiger charge is 2.16. The van der Waals surface area contributed by atoms with Crippen LogP contribution in [0.25, 0.3) is 0 Å². The molecule has 14 heavy (non-hydrogen) atoms. The van der Waals surface area contributed by atoms with Gasteiger partial charge in [-0.15, -0.1) is 0 Å². The Hall–Kier alpha value is -0.610. The first kappa shape index (κ1) is 13.4. The normalized spacial score (nSPS) is 11.4. The Balaban J connectivity index is 3.39. The second-order valence-corrected chi connectivity index (χ2v) is 3.85. The molecule has 0 spiro atoms. The van der Waals surface area contributed by atoms with Gasteiger partial charge in [0.15, 0.2) is 0 Å². The quantitative estimate of drug-likeness (QED) is 0.592. The third-order valence-electron chi connectivity index (χ3n) is 1.76. The minimum Gasteiger partial charge on any atom is -0.375 e. The van der Waals surface area contributed by atoms with Crippen molar-refractivity contribution in [2.75, 3.05) is 26.2 Å². The van der Waals surface area contributed by atoms with E-state index in [4.69, 9.17) is 4.74 Å². The first-order valence-electron chi connectivity index (χ1n) is 5.07. The molecular formula is C10H22N2O2. The van der Waals surface area contributed by atoms with Crippen LogP contribution in [0.2, 0.25) is 0 Å². The van der Waals surface area contributed by atoms with Crippen molar-refractivity contribution in [3.8, 4) is 0 Å². The van der Waals surface area contributed by atoms with Crippen molar-refractivity contribution in [3.63, 3.8) is 0 Å². The Bertz CT molecular complexity index is 170. The number of nitrogens with one attached hydrogen (secondary N) is 2. The summed E-state index contributed by atoms with van der Waals surface area (Å²) in [7, 11) is 0. The Morgan fingerprint density at radius 2 is 2.00 bits per heavy atom. The van der Waals surface area contributed by atoms with E-state index < -0.39 is 0 Å². The molecule has 0 rings (SSSR count). The summed E-state index contributed by atoms with van der Waals surface area (Å²) in [5.74, 6) is 0.0101. The van der Waals surface area contributed by atoms with Crippen molar-refractivity contribution in [2.24, 2.45) is 0 Å². The van der Waals surface area contributed by atoms with Crippen LogP contribution in [-0.2, 0) is 9.53 Å². The lowest BCUT2D eigenvalue weighted by atomic mass is 10.1. The summed E-state index contributed by atoms with van der Waals surface area (Å²) in [6.07, 6.45) is 0. The Kier molecular flexibility index (Phi) is 6.49. The minimum atomic E-state index is -0.134. The molecule has 0 atom stereocenters. The topological polar surface area (TPSA) is 50.4 Å². The number of amides is 1. The zero-order chi connectivity index (χ0) is 11.0. The Morgan fingerprint density at radius 1 is 1.36 bits per heavy atom. The molecule has 0 fully saturated rings. The van der Waals surface area contributed by atoms with Gasteiger partial charge >= 0.3 is 0 Å². The van der Waals surface area contributed by atoms with Crippen LogP contribution >= 0.6 is 0 Å². The summed E-state index contributed by atoms with van der Waals surface area (Å²) >= 11 is 0. The predicted octanol–water partition coefficient (Wildman–Crippen LogP) is 0.527. The van der Waals surface area contributed by atoms with Gasteiger partial charge in [-0.2, -0.15) is 0 Å². The van der Waals surface area contributed by atoms with Gasteiger partial charge in [0.25, 0.3) is 0 Å². The highest BCUT2D eigenvalue weighted by atomic mass is 16.5. The molecule has 0 radical (unpaired) electrons. The van der Waals surface area contributed by atoms with Crippen LogP contribution in [0.4, 0.5) is 0 Å². The van der Waals surface area contributed by atoms with Crippen molar-refractivity contribution in [1.82, 2.24) is 10.6 Å². The fraction of sp³-hybridized carbons (Fsp3) is 0.900. The number of carbonyl (C=O) groups excluding carboxylic acids is 1. The number of carbonyl (C=O) groups is 1. The van der Waals surface area contributed by atoms with Crippen molar-refractivity contribution in [3.05, 3.63) is 0 Å². The average molecular weight is 202 g/mol. The number of hydrogen-bond donors (Lipinski definition) is 2. The lowest BCUT2D eigenvalue weighted by Gasteiger charge is -2.24. The summed E-state index contributed by atoms with van der Waals surface area (Å²) in [5, 5.41) is 5.95. The van der Waals surface area contributed by atoms with E-state index >= 15 is 0 Å². The largest absolute Gasteiger partial charge is 0.375 e. The molecule has 0 heterocycles. The number of ether oxygens (including phenoxy) is 1. The maximum Gasteiger partial charge on any atom is 0.216 e. The first-order chi connectivity index (χ1) is 6.48. The molecule has 0 unspecified atom stereocenters. The molecule has 4 nitrogen and oxygen atoms in total. The zero-order valence-corrected chi connectivity index (χ0v) is 9.64. The third-order valence-corrected chi connectivity index (χ3v) is 1.76. The van der Waals surface area contributed by atoms with Gasteiger partial charge < -0.3 is 15.4 Å². The molecule has 0 bridgehead atoms. The SMILES string of the molecule is CCOC(C)(C)CNCCNC(C)=O. The van der Waals surface area contributed by atoms with Gasteiger partial charge in [-0.05, 0) is 20.8 Å². The monoisotopic (exact) mass is 202 g/mol. The molecule has 0 aromatic carbocycles. The molecule has 1 amide bonds. The molecule has 0 aromatic heterocycles. The average Bonchev–Trinajstić information content (AvgIpc) is 2.02. The third kappa shape index (κ3) is 8.01. The maximum absolute atomic E-state index is 10.5. The molecular weight excluding hydrogens is 180 g/mol. The fourth-order valence-electron chi connectivity index (χ4n) is 1.16. The molecule has 84 valence electrons. The summed E-state index contributed by atoms with van der Waals surface area (Å²) in [6, 6.07) is 0. The van der Waals surface area contributed by atoms with E-state index in [2.05, 4.69) is 10.6 Å². The van der Waals surface area contributed by atoms with Gasteiger partial charge in [0.2, 0.25) is 5.91 Å². The van der Waals surface area contributed by atoms with Gasteiger partial charge in [0.05, 0.1) is 5.60 Å². The second kappa shape index (κ2) is 6.79. The van der Waals surface area contributed by atoms with Gasteiger partial charge in [-0.25, -0.2) is 0 Å². The lowest BCUT2D eigenvalue weighted by molar-refractivity contribution is -0.118. The van der Waals surface area contributed by atoms with E-state index in [-0.39, 0.29) is 11.5 Å². The number of hydrogen-bond acceptors (Lipinski definition) is 3. The van der Waals surface area contributed by atoms with E-state index in [1.165, 1.54) is 6.92 Å². The molecule has 0 saturated carbocycles. The van der Waals surface area contributed by atoms with Crippen LogP contribution < -0.4 is 10.6 Å². The molecule has 0 aliphatic rings. The van der Waals surface area contributed by atoms with Crippen LogP contribution in [0, 0.1) is 0 Å². The molecule has 0 saturated heterocycles. The van der Waals surface area contributed by atoms with Crippen LogP contribution in [0.15, 0.2) is 0 Å². The summed E-state index contributed by atoms with van der Waals surface area (Å²) in [5.41, 5.74) is -0.134.